The van der Waals surface area contributed by atoms with Gasteiger partial charge in [-0.05, 0) is 24.8 Å². The molecule has 1 aliphatic rings. The standard InChI is InChI=1S/C18H23N3O2S/c22-24(23,17-9-5-2-6-10-17)21-12-11-15-13-19-18(20-14-15)16-7-3-1-4-8-16/h1,3-4,7-8,13-14,17,21H,2,5-6,9-12H2. The molecule has 0 bridgehead atoms. The molecule has 0 saturated heterocycles. The van der Waals surface area contributed by atoms with E-state index in [2.05, 4.69) is 14.7 Å². The fourth-order valence-electron chi connectivity index (χ4n) is 3.05. The zero-order chi connectivity index (χ0) is 16.8. The molecule has 1 aromatic heterocycles. The minimum absolute atomic E-state index is 0.219. The van der Waals surface area contributed by atoms with Crippen LogP contribution in [0.5, 0.6) is 0 Å². The molecule has 0 amide bonds. The van der Waals surface area contributed by atoms with Crippen molar-refractivity contribution in [3.63, 3.8) is 0 Å². The van der Waals surface area contributed by atoms with Gasteiger partial charge in [-0.1, -0.05) is 49.6 Å². The van der Waals surface area contributed by atoms with E-state index in [0.717, 1.165) is 43.2 Å². The number of hydrogen-bond donors (Lipinski definition) is 1. The Kier molecular flexibility index (Phi) is 5.58. The molecule has 6 heteroatoms. The minimum Gasteiger partial charge on any atom is -0.236 e. The van der Waals surface area contributed by atoms with E-state index >= 15 is 0 Å². The Labute approximate surface area is 143 Å². The molecule has 128 valence electrons. The van der Waals surface area contributed by atoms with Crippen molar-refractivity contribution in [2.24, 2.45) is 0 Å². The van der Waals surface area contributed by atoms with Gasteiger partial charge in [0.1, 0.15) is 0 Å². The average molecular weight is 345 g/mol. The molecule has 3 rings (SSSR count). The van der Waals surface area contributed by atoms with Crippen molar-refractivity contribution in [2.45, 2.75) is 43.8 Å². The Morgan fingerprint density at radius 1 is 1.00 bits per heavy atom. The van der Waals surface area contributed by atoms with Crippen LogP contribution in [0.2, 0.25) is 0 Å². The molecular weight excluding hydrogens is 322 g/mol. The van der Waals surface area contributed by atoms with Crippen molar-refractivity contribution >= 4 is 10.0 Å². The summed E-state index contributed by atoms with van der Waals surface area (Å²) in [6.45, 7) is 0.396. The zero-order valence-corrected chi connectivity index (χ0v) is 14.5. The Bertz CT molecular complexity index is 740. The van der Waals surface area contributed by atoms with Crippen molar-refractivity contribution in [3.8, 4) is 11.4 Å². The highest BCUT2D eigenvalue weighted by Gasteiger charge is 2.26. The highest BCUT2D eigenvalue weighted by atomic mass is 32.2. The number of hydrogen-bond acceptors (Lipinski definition) is 4. The maximum atomic E-state index is 12.3. The molecule has 1 N–H and O–H groups in total. The maximum absolute atomic E-state index is 12.3. The summed E-state index contributed by atoms with van der Waals surface area (Å²) in [5.74, 6) is 0.683. The summed E-state index contributed by atoms with van der Waals surface area (Å²) in [6, 6.07) is 9.79. The van der Waals surface area contributed by atoms with Gasteiger partial charge in [-0.15, -0.1) is 0 Å². The summed E-state index contributed by atoms with van der Waals surface area (Å²) in [5.41, 5.74) is 1.91. The average Bonchev–Trinajstić information content (AvgIpc) is 2.64. The van der Waals surface area contributed by atoms with Gasteiger partial charge in [0.25, 0.3) is 0 Å². The number of rotatable bonds is 6. The number of benzene rings is 1. The van der Waals surface area contributed by atoms with E-state index in [1.54, 1.807) is 12.4 Å². The van der Waals surface area contributed by atoms with Gasteiger partial charge in [0.05, 0.1) is 5.25 Å². The van der Waals surface area contributed by atoms with Gasteiger partial charge in [0.15, 0.2) is 5.82 Å². The van der Waals surface area contributed by atoms with Crippen molar-refractivity contribution < 1.29 is 8.42 Å². The van der Waals surface area contributed by atoms with Crippen LogP contribution in [0.3, 0.4) is 0 Å². The third kappa shape index (κ3) is 4.39. The quantitative estimate of drug-likeness (QED) is 0.874. The van der Waals surface area contributed by atoms with E-state index < -0.39 is 10.0 Å². The second-order valence-corrected chi connectivity index (χ2v) is 8.28. The molecule has 1 aliphatic carbocycles. The summed E-state index contributed by atoms with van der Waals surface area (Å²) >= 11 is 0. The van der Waals surface area contributed by atoms with Crippen LogP contribution in [0, 0.1) is 0 Å². The second kappa shape index (κ2) is 7.85. The van der Waals surface area contributed by atoms with Crippen LogP contribution in [0.1, 0.15) is 37.7 Å². The molecule has 0 spiro atoms. The van der Waals surface area contributed by atoms with Crippen LogP contribution in [0.25, 0.3) is 11.4 Å². The monoisotopic (exact) mass is 345 g/mol. The molecule has 0 atom stereocenters. The van der Waals surface area contributed by atoms with Crippen LogP contribution in [-0.2, 0) is 16.4 Å². The van der Waals surface area contributed by atoms with E-state index in [0.29, 0.717) is 18.8 Å². The van der Waals surface area contributed by atoms with E-state index in [9.17, 15) is 8.42 Å². The lowest BCUT2D eigenvalue weighted by molar-refractivity contribution is 0.477. The summed E-state index contributed by atoms with van der Waals surface area (Å²) in [6.07, 6.45) is 8.88. The molecule has 1 saturated carbocycles. The first-order valence-corrected chi connectivity index (χ1v) is 10.0. The number of sulfonamides is 1. The van der Waals surface area contributed by atoms with Crippen molar-refractivity contribution in [1.29, 1.82) is 0 Å². The normalized spacial score (nSPS) is 16.2. The fraction of sp³-hybridized carbons (Fsp3) is 0.444. The molecule has 0 radical (unpaired) electrons. The van der Waals surface area contributed by atoms with E-state index in [1.165, 1.54) is 0 Å². The lowest BCUT2D eigenvalue weighted by Gasteiger charge is -2.21. The summed E-state index contributed by atoms with van der Waals surface area (Å²) in [4.78, 5) is 8.73. The molecule has 1 heterocycles. The first-order chi connectivity index (χ1) is 11.6. The molecule has 5 nitrogen and oxygen atoms in total. The SMILES string of the molecule is O=S(=O)(NCCc1cnc(-c2ccccc2)nc1)C1CCCCC1. The van der Waals surface area contributed by atoms with Gasteiger partial charge in [0, 0.05) is 24.5 Å². The van der Waals surface area contributed by atoms with Crippen LogP contribution < -0.4 is 4.72 Å². The Hall–Kier alpha value is -1.79. The molecule has 2 aromatic rings. The molecule has 24 heavy (non-hydrogen) atoms. The van der Waals surface area contributed by atoms with Crippen molar-refractivity contribution in [3.05, 3.63) is 48.3 Å². The largest absolute Gasteiger partial charge is 0.236 e. The highest BCUT2D eigenvalue weighted by Crippen LogP contribution is 2.23. The van der Waals surface area contributed by atoms with Gasteiger partial charge in [-0.3, -0.25) is 0 Å². The summed E-state index contributed by atoms with van der Waals surface area (Å²) in [7, 11) is -3.20. The second-order valence-electron chi connectivity index (χ2n) is 6.23. The predicted molar refractivity (Wildman–Crippen MR) is 95.0 cm³/mol. The van der Waals surface area contributed by atoms with Gasteiger partial charge in [-0.2, -0.15) is 0 Å². The number of aromatic nitrogens is 2. The number of nitrogens with zero attached hydrogens (tertiary/aromatic N) is 2. The zero-order valence-electron chi connectivity index (χ0n) is 13.7. The molecular formula is C18H23N3O2S. The highest BCUT2D eigenvalue weighted by molar-refractivity contribution is 7.90. The minimum atomic E-state index is -3.20. The Balaban J connectivity index is 1.53. The first kappa shape index (κ1) is 17.0. The van der Waals surface area contributed by atoms with Crippen molar-refractivity contribution in [2.75, 3.05) is 6.54 Å². The Morgan fingerprint density at radius 3 is 2.33 bits per heavy atom. The van der Waals surface area contributed by atoms with Crippen LogP contribution in [-0.4, -0.2) is 30.2 Å². The lowest BCUT2D eigenvalue weighted by Crippen LogP contribution is -2.36. The molecule has 1 fully saturated rings. The van der Waals surface area contributed by atoms with Crippen molar-refractivity contribution in [1.82, 2.24) is 14.7 Å². The first-order valence-electron chi connectivity index (χ1n) is 8.50. The van der Waals surface area contributed by atoms with Gasteiger partial charge in [-0.25, -0.2) is 23.1 Å². The maximum Gasteiger partial charge on any atom is 0.214 e. The fourth-order valence-corrected chi connectivity index (χ4v) is 4.63. The summed E-state index contributed by atoms with van der Waals surface area (Å²) < 4.78 is 27.3. The van der Waals surface area contributed by atoms with E-state index in [4.69, 9.17) is 0 Å². The topological polar surface area (TPSA) is 72.0 Å². The smallest absolute Gasteiger partial charge is 0.214 e. The summed E-state index contributed by atoms with van der Waals surface area (Å²) in [5, 5.41) is -0.219. The lowest BCUT2D eigenvalue weighted by atomic mass is 10.0. The van der Waals surface area contributed by atoms with E-state index in [1.807, 2.05) is 30.3 Å². The van der Waals surface area contributed by atoms with Crippen LogP contribution in [0.4, 0.5) is 0 Å². The number of nitrogens with one attached hydrogen (secondary N) is 1. The predicted octanol–water partition coefficient (Wildman–Crippen LogP) is 2.94. The van der Waals surface area contributed by atoms with E-state index in [-0.39, 0.29) is 5.25 Å². The third-order valence-corrected chi connectivity index (χ3v) is 6.40. The third-order valence-electron chi connectivity index (χ3n) is 4.45. The molecule has 1 aromatic carbocycles. The van der Waals surface area contributed by atoms with Gasteiger partial charge in [0.2, 0.25) is 10.0 Å². The van der Waals surface area contributed by atoms with Crippen LogP contribution >= 0.6 is 0 Å². The molecule has 0 unspecified atom stereocenters. The van der Waals surface area contributed by atoms with Gasteiger partial charge >= 0.3 is 0 Å². The van der Waals surface area contributed by atoms with Crippen LogP contribution in [0.15, 0.2) is 42.7 Å². The van der Waals surface area contributed by atoms with Gasteiger partial charge < -0.3 is 0 Å². The molecule has 0 aliphatic heterocycles. The Morgan fingerprint density at radius 2 is 1.67 bits per heavy atom.